The van der Waals surface area contributed by atoms with Crippen LogP contribution in [0.5, 0.6) is 0 Å². The third kappa shape index (κ3) is 6.39. The summed E-state index contributed by atoms with van der Waals surface area (Å²) in [5.74, 6) is 0.887. The summed E-state index contributed by atoms with van der Waals surface area (Å²) >= 11 is 0. The van der Waals surface area contributed by atoms with E-state index in [4.69, 9.17) is 0 Å². The fourth-order valence-electron chi connectivity index (χ4n) is 3.56. The molecule has 0 saturated carbocycles. The number of rotatable bonds is 6. The van der Waals surface area contributed by atoms with Gasteiger partial charge in [0.15, 0.2) is 5.96 Å². The number of aryl methyl sites for hydroxylation is 2. The van der Waals surface area contributed by atoms with Crippen LogP contribution < -0.4 is 15.5 Å². The summed E-state index contributed by atoms with van der Waals surface area (Å²) in [4.78, 5) is 6.80. The molecule has 6 nitrogen and oxygen atoms in total. The van der Waals surface area contributed by atoms with Gasteiger partial charge in [0.05, 0.1) is 11.9 Å². The summed E-state index contributed by atoms with van der Waals surface area (Å²) in [6.07, 6.45) is 8.45. The average molecular weight is 496 g/mol. The van der Waals surface area contributed by atoms with Gasteiger partial charge in [-0.05, 0) is 36.8 Å². The monoisotopic (exact) mass is 496 g/mol. The zero-order valence-corrected chi connectivity index (χ0v) is 19.5. The Labute approximate surface area is 185 Å². The van der Waals surface area contributed by atoms with E-state index in [9.17, 15) is 0 Å². The van der Waals surface area contributed by atoms with Gasteiger partial charge in [-0.2, -0.15) is 5.10 Å². The van der Waals surface area contributed by atoms with Gasteiger partial charge in [-0.1, -0.05) is 31.2 Å². The second-order valence-corrected chi connectivity index (χ2v) is 7.22. The van der Waals surface area contributed by atoms with Crippen LogP contribution in [0.1, 0.15) is 30.9 Å². The van der Waals surface area contributed by atoms with Crippen LogP contribution in [0, 0.1) is 0 Å². The molecule has 1 fully saturated rings. The van der Waals surface area contributed by atoms with Gasteiger partial charge < -0.3 is 15.5 Å². The Morgan fingerprint density at radius 3 is 2.64 bits per heavy atom. The number of benzene rings is 1. The van der Waals surface area contributed by atoms with Crippen molar-refractivity contribution in [1.29, 1.82) is 0 Å². The van der Waals surface area contributed by atoms with Crippen molar-refractivity contribution in [2.24, 2.45) is 12.0 Å². The van der Waals surface area contributed by atoms with Gasteiger partial charge in [-0.25, -0.2) is 0 Å². The van der Waals surface area contributed by atoms with Crippen LogP contribution >= 0.6 is 24.0 Å². The minimum absolute atomic E-state index is 0. The van der Waals surface area contributed by atoms with E-state index in [0.29, 0.717) is 6.04 Å². The molecule has 154 valence electrons. The number of nitrogens with one attached hydrogen (secondary N) is 2. The van der Waals surface area contributed by atoms with E-state index in [0.717, 1.165) is 44.9 Å². The maximum atomic E-state index is 4.40. The van der Waals surface area contributed by atoms with Crippen LogP contribution in [-0.4, -0.2) is 48.5 Å². The molecule has 28 heavy (non-hydrogen) atoms. The molecule has 2 N–H and O–H groups in total. The standard InChI is InChI=1S/C21H32N6.HI/c1-4-17-7-9-18(10-8-17)11-12-23-21(22-2)25-19-6-5-13-27(15-19)20-14-24-26(3)16-20;/h7-10,14,16,19H,4-6,11-13,15H2,1-3H3,(H2,22,23,25);1H. The van der Waals surface area contributed by atoms with Crippen molar-refractivity contribution < 1.29 is 0 Å². The number of piperidine rings is 1. The highest BCUT2D eigenvalue weighted by Gasteiger charge is 2.21. The van der Waals surface area contributed by atoms with E-state index in [1.165, 1.54) is 23.2 Å². The van der Waals surface area contributed by atoms with E-state index in [1.54, 1.807) is 0 Å². The lowest BCUT2D eigenvalue weighted by atomic mass is 10.1. The normalized spacial score (nSPS) is 17.2. The Kier molecular flexibility index (Phi) is 9.08. The number of halogens is 1. The van der Waals surface area contributed by atoms with Gasteiger partial charge in [0, 0.05) is 46.0 Å². The molecule has 1 aliphatic heterocycles. The second kappa shape index (κ2) is 11.3. The third-order valence-electron chi connectivity index (χ3n) is 5.18. The van der Waals surface area contributed by atoms with Crippen LogP contribution in [0.4, 0.5) is 5.69 Å². The van der Waals surface area contributed by atoms with Crippen molar-refractivity contribution in [3.8, 4) is 0 Å². The zero-order chi connectivity index (χ0) is 19.1. The van der Waals surface area contributed by atoms with Gasteiger partial charge in [-0.3, -0.25) is 9.67 Å². The van der Waals surface area contributed by atoms with Crippen molar-refractivity contribution in [3.63, 3.8) is 0 Å². The molecule has 2 heterocycles. The smallest absolute Gasteiger partial charge is 0.191 e. The maximum absolute atomic E-state index is 4.40. The lowest BCUT2D eigenvalue weighted by Gasteiger charge is -2.34. The molecule has 0 aliphatic carbocycles. The van der Waals surface area contributed by atoms with Gasteiger partial charge in [0.2, 0.25) is 0 Å². The molecular weight excluding hydrogens is 463 g/mol. The summed E-state index contributed by atoms with van der Waals surface area (Å²) < 4.78 is 1.86. The topological polar surface area (TPSA) is 57.5 Å². The highest BCUT2D eigenvalue weighted by atomic mass is 127. The molecule has 1 unspecified atom stereocenters. The van der Waals surface area contributed by atoms with Crippen molar-refractivity contribution in [1.82, 2.24) is 20.4 Å². The predicted octanol–water partition coefficient (Wildman–Crippen LogP) is 2.98. The largest absolute Gasteiger partial charge is 0.367 e. The molecule has 0 radical (unpaired) electrons. The minimum atomic E-state index is 0. The Bertz CT molecular complexity index is 740. The van der Waals surface area contributed by atoms with Crippen molar-refractivity contribution in [3.05, 3.63) is 47.8 Å². The first-order valence-corrected chi connectivity index (χ1v) is 9.96. The number of nitrogens with zero attached hydrogens (tertiary/aromatic N) is 4. The summed E-state index contributed by atoms with van der Waals surface area (Å²) in [7, 11) is 3.80. The van der Waals surface area contributed by atoms with Gasteiger partial charge in [0.1, 0.15) is 0 Å². The molecular formula is C21H33IN6. The Balaban J connectivity index is 0.00000280. The van der Waals surface area contributed by atoms with Crippen molar-refractivity contribution >= 4 is 35.6 Å². The van der Waals surface area contributed by atoms with E-state index >= 15 is 0 Å². The van der Waals surface area contributed by atoms with Gasteiger partial charge in [-0.15, -0.1) is 24.0 Å². The summed E-state index contributed by atoms with van der Waals surface area (Å²) in [6, 6.07) is 9.29. The van der Waals surface area contributed by atoms with Crippen LogP contribution in [0.25, 0.3) is 0 Å². The fourth-order valence-corrected chi connectivity index (χ4v) is 3.56. The first-order chi connectivity index (χ1) is 13.2. The molecule has 1 atom stereocenters. The van der Waals surface area contributed by atoms with Crippen LogP contribution in [-0.2, 0) is 19.9 Å². The molecule has 1 saturated heterocycles. The number of aromatic nitrogens is 2. The van der Waals surface area contributed by atoms with Crippen LogP contribution in [0.15, 0.2) is 41.7 Å². The van der Waals surface area contributed by atoms with Gasteiger partial charge >= 0.3 is 0 Å². The van der Waals surface area contributed by atoms with E-state index in [2.05, 4.69) is 63.0 Å². The summed E-state index contributed by atoms with van der Waals surface area (Å²) in [5, 5.41) is 11.3. The predicted molar refractivity (Wildman–Crippen MR) is 128 cm³/mol. The number of hydrogen-bond acceptors (Lipinski definition) is 3. The summed E-state index contributed by atoms with van der Waals surface area (Å²) in [5.41, 5.74) is 3.94. The van der Waals surface area contributed by atoms with E-state index < -0.39 is 0 Å². The van der Waals surface area contributed by atoms with Crippen LogP contribution in [0.3, 0.4) is 0 Å². The molecule has 3 rings (SSSR count). The summed E-state index contributed by atoms with van der Waals surface area (Å²) in [6.45, 7) is 5.13. The van der Waals surface area contributed by atoms with Gasteiger partial charge in [0.25, 0.3) is 0 Å². The number of aliphatic imine (C=N–C) groups is 1. The number of guanidine groups is 1. The highest BCUT2D eigenvalue weighted by Crippen LogP contribution is 2.18. The molecule has 1 aromatic heterocycles. The average Bonchev–Trinajstić information content (AvgIpc) is 3.14. The van der Waals surface area contributed by atoms with E-state index in [1.807, 2.05) is 25.0 Å². The molecule has 2 aromatic rings. The molecule has 1 aliphatic rings. The molecule has 0 bridgehead atoms. The molecule has 0 spiro atoms. The Hall–Kier alpha value is -1.77. The first kappa shape index (κ1) is 22.5. The fraction of sp³-hybridized carbons (Fsp3) is 0.524. The minimum Gasteiger partial charge on any atom is -0.367 e. The number of hydrogen-bond donors (Lipinski definition) is 2. The Morgan fingerprint density at radius 2 is 2.00 bits per heavy atom. The van der Waals surface area contributed by atoms with E-state index in [-0.39, 0.29) is 24.0 Å². The first-order valence-electron chi connectivity index (χ1n) is 9.96. The lowest BCUT2D eigenvalue weighted by Crippen LogP contribution is -2.51. The maximum Gasteiger partial charge on any atom is 0.191 e. The second-order valence-electron chi connectivity index (χ2n) is 7.22. The van der Waals surface area contributed by atoms with Crippen LogP contribution in [0.2, 0.25) is 0 Å². The molecule has 1 aromatic carbocycles. The zero-order valence-electron chi connectivity index (χ0n) is 17.2. The quantitative estimate of drug-likeness (QED) is 0.367. The highest BCUT2D eigenvalue weighted by molar-refractivity contribution is 14.0. The SMILES string of the molecule is CCc1ccc(CCNC(=NC)NC2CCCN(c3cnn(C)c3)C2)cc1.I. The lowest BCUT2D eigenvalue weighted by molar-refractivity contribution is 0.468. The molecule has 0 amide bonds. The molecule has 7 heteroatoms. The van der Waals surface area contributed by atoms with Crippen molar-refractivity contribution in [2.75, 3.05) is 31.6 Å². The Morgan fingerprint density at radius 1 is 1.25 bits per heavy atom. The van der Waals surface area contributed by atoms with Crippen molar-refractivity contribution in [2.45, 2.75) is 38.6 Å². The third-order valence-corrected chi connectivity index (χ3v) is 5.18. The number of anilines is 1.